The molecule has 1 heterocycles. The molecular weight excluding hydrogens is 206 g/mol. The van der Waals surface area contributed by atoms with Crippen LogP contribution in [0, 0.1) is 19.8 Å². The van der Waals surface area contributed by atoms with Crippen LogP contribution in [0.15, 0.2) is 18.2 Å². The van der Waals surface area contributed by atoms with Crippen molar-refractivity contribution in [3.63, 3.8) is 0 Å². The first-order chi connectivity index (χ1) is 8.18. The van der Waals surface area contributed by atoms with E-state index in [2.05, 4.69) is 37.4 Å². The summed E-state index contributed by atoms with van der Waals surface area (Å²) >= 11 is 0. The molecule has 1 unspecified atom stereocenters. The van der Waals surface area contributed by atoms with Crippen molar-refractivity contribution < 1.29 is 0 Å². The van der Waals surface area contributed by atoms with Crippen LogP contribution >= 0.6 is 0 Å². The molecule has 92 valence electrons. The Labute approximate surface area is 105 Å². The third kappa shape index (κ3) is 2.26. The van der Waals surface area contributed by atoms with Gasteiger partial charge in [-0.15, -0.1) is 0 Å². The zero-order valence-electron chi connectivity index (χ0n) is 11.1. The highest BCUT2D eigenvalue weighted by atomic mass is 15.0. The van der Waals surface area contributed by atoms with E-state index in [1.165, 1.54) is 55.3 Å². The largest absolute Gasteiger partial charge is 0.311 e. The summed E-state index contributed by atoms with van der Waals surface area (Å²) in [6.45, 7) is 5.64. The lowest BCUT2D eigenvalue weighted by Crippen LogP contribution is -2.44. The Kier molecular flexibility index (Phi) is 2.74. The average Bonchev–Trinajstić information content (AvgIpc) is 3.00. The molecule has 0 spiro atoms. The first kappa shape index (κ1) is 11.3. The van der Waals surface area contributed by atoms with Crippen LogP contribution in [0.2, 0.25) is 0 Å². The summed E-state index contributed by atoms with van der Waals surface area (Å²) in [5, 5.41) is 3.82. The lowest BCUT2D eigenvalue weighted by molar-refractivity contribution is 0.323. The summed E-state index contributed by atoms with van der Waals surface area (Å²) in [5.41, 5.74) is 4.79. The maximum absolute atomic E-state index is 3.82. The highest BCUT2D eigenvalue weighted by molar-refractivity contribution is 5.30. The van der Waals surface area contributed by atoms with Gasteiger partial charge in [0.15, 0.2) is 0 Å². The van der Waals surface area contributed by atoms with Crippen LogP contribution in [-0.2, 0) is 6.42 Å². The van der Waals surface area contributed by atoms with Gasteiger partial charge < -0.3 is 5.32 Å². The van der Waals surface area contributed by atoms with Gasteiger partial charge in [0.1, 0.15) is 0 Å². The number of aryl methyl sites for hydroxylation is 2. The Morgan fingerprint density at radius 3 is 2.41 bits per heavy atom. The predicted molar refractivity (Wildman–Crippen MR) is 72.3 cm³/mol. The normalized spacial score (nSPS) is 28.6. The summed E-state index contributed by atoms with van der Waals surface area (Å²) in [7, 11) is 0. The molecule has 0 aromatic heterocycles. The minimum absolute atomic E-state index is 0.445. The van der Waals surface area contributed by atoms with Crippen LogP contribution in [0.3, 0.4) is 0 Å². The van der Waals surface area contributed by atoms with Crippen molar-refractivity contribution in [1.29, 1.82) is 0 Å². The van der Waals surface area contributed by atoms with Crippen molar-refractivity contribution in [2.45, 2.75) is 51.5 Å². The van der Waals surface area contributed by atoms with Crippen molar-refractivity contribution in [2.24, 2.45) is 5.92 Å². The van der Waals surface area contributed by atoms with Gasteiger partial charge in [-0.1, -0.05) is 29.3 Å². The molecule has 1 nitrogen and oxygen atoms in total. The maximum Gasteiger partial charge on any atom is 0.0250 e. The lowest BCUT2D eigenvalue weighted by atomic mass is 9.84. The van der Waals surface area contributed by atoms with Gasteiger partial charge in [0.25, 0.3) is 0 Å². The predicted octanol–water partition coefficient (Wildman–Crippen LogP) is 3.38. The molecule has 1 saturated carbocycles. The Balaban J connectivity index is 1.84. The first-order valence-corrected chi connectivity index (χ1v) is 7.00. The van der Waals surface area contributed by atoms with E-state index in [4.69, 9.17) is 0 Å². The lowest BCUT2D eigenvalue weighted by Gasteiger charge is -2.30. The van der Waals surface area contributed by atoms with Crippen LogP contribution in [0.4, 0.5) is 0 Å². The molecule has 1 atom stereocenters. The molecule has 1 saturated heterocycles. The molecule has 1 aliphatic carbocycles. The summed E-state index contributed by atoms with van der Waals surface area (Å²) in [6.07, 6.45) is 6.86. The topological polar surface area (TPSA) is 12.0 Å². The van der Waals surface area contributed by atoms with E-state index in [-0.39, 0.29) is 0 Å². The molecule has 2 fully saturated rings. The molecule has 3 rings (SSSR count). The van der Waals surface area contributed by atoms with Gasteiger partial charge in [0.05, 0.1) is 0 Å². The van der Waals surface area contributed by atoms with Gasteiger partial charge in [-0.3, -0.25) is 0 Å². The molecule has 1 heteroatoms. The van der Waals surface area contributed by atoms with Crippen molar-refractivity contribution in [1.82, 2.24) is 5.32 Å². The smallest absolute Gasteiger partial charge is 0.0250 e. The Morgan fingerprint density at radius 2 is 1.88 bits per heavy atom. The SMILES string of the molecule is Cc1cc(C)cc(CC2(C3CC3)CCCN2)c1. The van der Waals surface area contributed by atoms with E-state index >= 15 is 0 Å². The second-order valence-corrected chi connectivity index (χ2v) is 6.13. The quantitative estimate of drug-likeness (QED) is 0.838. The number of rotatable bonds is 3. The van der Waals surface area contributed by atoms with Crippen LogP contribution in [-0.4, -0.2) is 12.1 Å². The van der Waals surface area contributed by atoms with E-state index < -0.39 is 0 Å². The van der Waals surface area contributed by atoms with Gasteiger partial charge in [-0.05, 0) is 64.0 Å². The summed E-state index contributed by atoms with van der Waals surface area (Å²) in [4.78, 5) is 0. The fourth-order valence-corrected chi connectivity index (χ4v) is 3.64. The summed E-state index contributed by atoms with van der Waals surface area (Å²) < 4.78 is 0. The van der Waals surface area contributed by atoms with Crippen molar-refractivity contribution in [2.75, 3.05) is 6.54 Å². The zero-order valence-corrected chi connectivity index (χ0v) is 11.1. The molecule has 1 aromatic carbocycles. The minimum Gasteiger partial charge on any atom is -0.311 e. The molecule has 1 aromatic rings. The standard InChI is InChI=1S/C16H23N/c1-12-8-13(2)10-14(9-12)11-16(15-4-5-15)6-3-7-17-16/h8-10,15,17H,3-7,11H2,1-2H3. The first-order valence-electron chi connectivity index (χ1n) is 7.00. The summed E-state index contributed by atoms with van der Waals surface area (Å²) in [5.74, 6) is 0.950. The van der Waals surface area contributed by atoms with E-state index in [9.17, 15) is 0 Å². The molecule has 0 radical (unpaired) electrons. The highest BCUT2D eigenvalue weighted by Crippen LogP contribution is 2.45. The number of benzene rings is 1. The molecule has 1 aliphatic heterocycles. The maximum atomic E-state index is 3.82. The van der Waals surface area contributed by atoms with Gasteiger partial charge >= 0.3 is 0 Å². The van der Waals surface area contributed by atoms with Crippen molar-refractivity contribution in [3.05, 3.63) is 34.9 Å². The third-order valence-corrected chi connectivity index (χ3v) is 4.44. The third-order valence-electron chi connectivity index (χ3n) is 4.44. The van der Waals surface area contributed by atoms with Gasteiger partial charge in [-0.25, -0.2) is 0 Å². The molecule has 2 aliphatic rings. The minimum atomic E-state index is 0.445. The molecule has 17 heavy (non-hydrogen) atoms. The second kappa shape index (κ2) is 4.13. The van der Waals surface area contributed by atoms with E-state index in [0.29, 0.717) is 5.54 Å². The van der Waals surface area contributed by atoms with E-state index in [1.807, 2.05) is 0 Å². The summed E-state index contributed by atoms with van der Waals surface area (Å²) in [6, 6.07) is 7.02. The van der Waals surface area contributed by atoms with Crippen molar-refractivity contribution in [3.8, 4) is 0 Å². The Bertz CT molecular complexity index is 391. The highest BCUT2D eigenvalue weighted by Gasteiger charge is 2.46. The van der Waals surface area contributed by atoms with E-state index in [1.54, 1.807) is 0 Å². The number of hydrogen-bond donors (Lipinski definition) is 1. The number of hydrogen-bond acceptors (Lipinski definition) is 1. The second-order valence-electron chi connectivity index (χ2n) is 6.13. The Hall–Kier alpha value is -0.820. The van der Waals surface area contributed by atoms with E-state index in [0.717, 1.165) is 5.92 Å². The monoisotopic (exact) mass is 229 g/mol. The van der Waals surface area contributed by atoms with Crippen LogP contribution in [0.5, 0.6) is 0 Å². The molecule has 0 amide bonds. The van der Waals surface area contributed by atoms with Gasteiger partial charge in [0, 0.05) is 5.54 Å². The van der Waals surface area contributed by atoms with Crippen LogP contribution in [0.1, 0.15) is 42.4 Å². The van der Waals surface area contributed by atoms with Gasteiger partial charge in [0.2, 0.25) is 0 Å². The van der Waals surface area contributed by atoms with Crippen LogP contribution in [0.25, 0.3) is 0 Å². The average molecular weight is 229 g/mol. The van der Waals surface area contributed by atoms with Crippen molar-refractivity contribution >= 4 is 0 Å². The fourth-order valence-electron chi connectivity index (χ4n) is 3.64. The zero-order chi connectivity index (χ0) is 11.9. The fraction of sp³-hybridized carbons (Fsp3) is 0.625. The molecule has 0 bridgehead atoms. The Morgan fingerprint density at radius 1 is 1.18 bits per heavy atom. The number of nitrogens with one attached hydrogen (secondary N) is 1. The molecule has 1 N–H and O–H groups in total. The molecular formula is C16H23N. The van der Waals surface area contributed by atoms with Crippen LogP contribution < -0.4 is 5.32 Å². The van der Waals surface area contributed by atoms with Gasteiger partial charge in [-0.2, -0.15) is 0 Å².